The number of para-hydroxylation sites is 1. The van der Waals surface area contributed by atoms with Crippen LogP contribution in [0.1, 0.15) is 25.8 Å². The zero-order valence-electron chi connectivity index (χ0n) is 11.8. The lowest BCUT2D eigenvalue weighted by atomic mass is 10.2. The van der Waals surface area contributed by atoms with E-state index in [1.54, 1.807) is 18.2 Å². The van der Waals surface area contributed by atoms with Gasteiger partial charge in [0.2, 0.25) is 0 Å². The van der Waals surface area contributed by atoms with Crippen LogP contribution in [0.5, 0.6) is 0 Å². The SMILES string of the molecule is CCCNc1ncnc(Nc2ccccc2F)c1CC. The fourth-order valence-corrected chi connectivity index (χ4v) is 1.94. The normalized spacial score (nSPS) is 10.3. The summed E-state index contributed by atoms with van der Waals surface area (Å²) >= 11 is 0. The molecule has 0 aliphatic rings. The molecule has 1 aromatic heterocycles. The van der Waals surface area contributed by atoms with Crippen LogP contribution in [0.15, 0.2) is 30.6 Å². The van der Waals surface area contributed by atoms with E-state index < -0.39 is 0 Å². The summed E-state index contributed by atoms with van der Waals surface area (Å²) in [6, 6.07) is 6.56. The highest BCUT2D eigenvalue weighted by Gasteiger charge is 2.11. The Balaban J connectivity index is 2.29. The number of rotatable bonds is 6. The summed E-state index contributed by atoms with van der Waals surface area (Å²) < 4.78 is 13.7. The van der Waals surface area contributed by atoms with Gasteiger partial charge in [-0.2, -0.15) is 0 Å². The molecule has 0 saturated heterocycles. The molecule has 0 spiro atoms. The van der Waals surface area contributed by atoms with Crippen LogP contribution in [0.4, 0.5) is 21.7 Å². The number of aromatic nitrogens is 2. The van der Waals surface area contributed by atoms with Gasteiger partial charge < -0.3 is 10.6 Å². The molecule has 0 atom stereocenters. The van der Waals surface area contributed by atoms with Crippen molar-refractivity contribution in [3.63, 3.8) is 0 Å². The number of benzene rings is 1. The van der Waals surface area contributed by atoms with Gasteiger partial charge >= 0.3 is 0 Å². The van der Waals surface area contributed by atoms with Crippen LogP contribution in [0, 0.1) is 5.82 Å². The molecule has 0 bridgehead atoms. The standard InChI is InChI=1S/C15H19FN4/c1-3-9-17-14-11(4-2)15(19-10-18-14)20-13-8-6-5-7-12(13)16/h5-8,10H,3-4,9H2,1-2H3,(H2,17,18,19,20). The van der Waals surface area contributed by atoms with Crippen LogP contribution >= 0.6 is 0 Å². The maximum atomic E-state index is 13.7. The van der Waals surface area contributed by atoms with Gasteiger partial charge in [0.15, 0.2) is 0 Å². The maximum absolute atomic E-state index is 13.7. The predicted molar refractivity (Wildman–Crippen MR) is 79.9 cm³/mol. The lowest BCUT2D eigenvalue weighted by Crippen LogP contribution is -2.09. The van der Waals surface area contributed by atoms with Gasteiger partial charge in [-0.05, 0) is 25.0 Å². The molecule has 0 aliphatic carbocycles. The molecule has 2 aromatic rings. The van der Waals surface area contributed by atoms with Gasteiger partial charge in [0.25, 0.3) is 0 Å². The first-order chi connectivity index (χ1) is 9.76. The molecule has 0 saturated carbocycles. The number of hydrogen-bond donors (Lipinski definition) is 2. The topological polar surface area (TPSA) is 49.8 Å². The van der Waals surface area contributed by atoms with E-state index in [1.165, 1.54) is 12.4 Å². The minimum atomic E-state index is -0.295. The molecular formula is C15H19FN4. The quantitative estimate of drug-likeness (QED) is 0.842. The first-order valence-electron chi connectivity index (χ1n) is 6.85. The molecular weight excluding hydrogens is 255 g/mol. The van der Waals surface area contributed by atoms with E-state index in [4.69, 9.17) is 0 Å². The molecule has 1 heterocycles. The Hall–Kier alpha value is -2.17. The summed E-state index contributed by atoms with van der Waals surface area (Å²) in [5, 5.41) is 6.31. The molecule has 2 rings (SSSR count). The molecule has 0 amide bonds. The van der Waals surface area contributed by atoms with Gasteiger partial charge in [-0.15, -0.1) is 0 Å². The van der Waals surface area contributed by atoms with Crippen LogP contribution in [-0.2, 0) is 6.42 Å². The second kappa shape index (κ2) is 6.84. The van der Waals surface area contributed by atoms with Gasteiger partial charge in [0, 0.05) is 12.1 Å². The molecule has 20 heavy (non-hydrogen) atoms. The highest BCUT2D eigenvalue weighted by atomic mass is 19.1. The van der Waals surface area contributed by atoms with E-state index in [1.807, 2.05) is 6.92 Å². The molecule has 0 fully saturated rings. The average Bonchev–Trinajstić information content (AvgIpc) is 2.47. The summed E-state index contributed by atoms with van der Waals surface area (Å²) in [6.07, 6.45) is 3.27. The van der Waals surface area contributed by atoms with Gasteiger partial charge in [0.05, 0.1) is 5.69 Å². The first-order valence-corrected chi connectivity index (χ1v) is 6.85. The van der Waals surface area contributed by atoms with Crippen LogP contribution in [0.25, 0.3) is 0 Å². The molecule has 0 unspecified atom stereocenters. The monoisotopic (exact) mass is 274 g/mol. The third-order valence-electron chi connectivity index (χ3n) is 2.97. The number of halogens is 1. The molecule has 2 N–H and O–H groups in total. The Bertz CT molecular complexity index is 572. The Kier molecular flexibility index (Phi) is 4.87. The van der Waals surface area contributed by atoms with Gasteiger partial charge in [0.1, 0.15) is 23.8 Å². The zero-order valence-corrected chi connectivity index (χ0v) is 11.8. The van der Waals surface area contributed by atoms with E-state index in [0.29, 0.717) is 11.5 Å². The van der Waals surface area contributed by atoms with Crippen molar-refractivity contribution in [2.45, 2.75) is 26.7 Å². The summed E-state index contributed by atoms with van der Waals surface area (Å²) in [6.45, 7) is 4.98. The fourth-order valence-electron chi connectivity index (χ4n) is 1.94. The predicted octanol–water partition coefficient (Wildman–Crippen LogP) is 3.74. The largest absolute Gasteiger partial charge is 0.370 e. The number of anilines is 3. The fraction of sp³-hybridized carbons (Fsp3) is 0.333. The molecule has 106 valence electrons. The third-order valence-corrected chi connectivity index (χ3v) is 2.97. The minimum Gasteiger partial charge on any atom is -0.370 e. The van der Waals surface area contributed by atoms with Crippen molar-refractivity contribution >= 4 is 17.3 Å². The van der Waals surface area contributed by atoms with Crippen molar-refractivity contribution in [2.75, 3.05) is 17.2 Å². The Morgan fingerprint density at radius 2 is 1.85 bits per heavy atom. The molecule has 1 aromatic carbocycles. The van der Waals surface area contributed by atoms with E-state index in [9.17, 15) is 4.39 Å². The van der Waals surface area contributed by atoms with Gasteiger partial charge in [-0.3, -0.25) is 0 Å². The maximum Gasteiger partial charge on any atom is 0.146 e. The van der Waals surface area contributed by atoms with Crippen LogP contribution < -0.4 is 10.6 Å². The Morgan fingerprint density at radius 1 is 1.10 bits per heavy atom. The van der Waals surface area contributed by atoms with Gasteiger partial charge in [-0.1, -0.05) is 26.0 Å². The second-order valence-electron chi connectivity index (χ2n) is 4.43. The molecule has 4 nitrogen and oxygen atoms in total. The third kappa shape index (κ3) is 3.23. The number of nitrogens with one attached hydrogen (secondary N) is 2. The van der Waals surface area contributed by atoms with Gasteiger partial charge in [-0.25, -0.2) is 14.4 Å². The summed E-state index contributed by atoms with van der Waals surface area (Å²) in [5.74, 6) is 1.16. The van der Waals surface area contributed by atoms with E-state index in [0.717, 1.165) is 30.8 Å². The van der Waals surface area contributed by atoms with Crippen LogP contribution in [0.2, 0.25) is 0 Å². The van der Waals surface area contributed by atoms with Crippen molar-refractivity contribution in [1.29, 1.82) is 0 Å². The van der Waals surface area contributed by atoms with E-state index in [-0.39, 0.29) is 5.82 Å². The molecule has 0 aliphatic heterocycles. The summed E-state index contributed by atoms with van der Waals surface area (Å²) in [5.41, 5.74) is 1.38. The zero-order chi connectivity index (χ0) is 14.4. The number of nitrogens with zero attached hydrogens (tertiary/aromatic N) is 2. The van der Waals surface area contributed by atoms with Crippen molar-refractivity contribution in [3.05, 3.63) is 42.0 Å². The van der Waals surface area contributed by atoms with E-state index >= 15 is 0 Å². The minimum absolute atomic E-state index is 0.295. The average molecular weight is 274 g/mol. The second-order valence-corrected chi connectivity index (χ2v) is 4.43. The Labute approximate surface area is 118 Å². The summed E-state index contributed by atoms with van der Waals surface area (Å²) in [4.78, 5) is 8.48. The first kappa shape index (κ1) is 14.2. The Morgan fingerprint density at radius 3 is 2.55 bits per heavy atom. The van der Waals surface area contributed by atoms with Crippen molar-refractivity contribution < 1.29 is 4.39 Å². The van der Waals surface area contributed by atoms with Crippen LogP contribution in [0.3, 0.4) is 0 Å². The van der Waals surface area contributed by atoms with E-state index in [2.05, 4.69) is 27.5 Å². The highest BCUT2D eigenvalue weighted by molar-refractivity contribution is 5.65. The number of hydrogen-bond acceptors (Lipinski definition) is 4. The molecule has 5 heteroatoms. The summed E-state index contributed by atoms with van der Waals surface area (Å²) in [7, 11) is 0. The smallest absolute Gasteiger partial charge is 0.146 e. The lowest BCUT2D eigenvalue weighted by molar-refractivity contribution is 0.631. The van der Waals surface area contributed by atoms with Crippen LogP contribution in [-0.4, -0.2) is 16.5 Å². The highest BCUT2D eigenvalue weighted by Crippen LogP contribution is 2.25. The van der Waals surface area contributed by atoms with Crippen molar-refractivity contribution in [2.24, 2.45) is 0 Å². The lowest BCUT2D eigenvalue weighted by Gasteiger charge is -2.14. The van der Waals surface area contributed by atoms with Crippen molar-refractivity contribution in [3.8, 4) is 0 Å². The molecule has 0 radical (unpaired) electrons. The van der Waals surface area contributed by atoms with Crippen molar-refractivity contribution in [1.82, 2.24) is 9.97 Å².